The molecule has 21 heavy (non-hydrogen) atoms. The largest absolute Gasteiger partial charge is 0.573 e. The number of hydrogen-bond donors (Lipinski definition) is 1. The SMILES string of the molecule is C=C(/C=C\C(=C/C)OC(F)(F)F)c1cc(O)c(=O)n(C)c1. The van der Waals surface area contributed by atoms with E-state index in [1.54, 1.807) is 0 Å². The van der Waals surface area contributed by atoms with Crippen molar-refractivity contribution in [3.63, 3.8) is 0 Å². The lowest BCUT2D eigenvalue weighted by Crippen LogP contribution is -2.15. The Morgan fingerprint density at radius 1 is 1.43 bits per heavy atom. The van der Waals surface area contributed by atoms with Crippen LogP contribution in [0.15, 0.2) is 47.6 Å². The van der Waals surface area contributed by atoms with Gasteiger partial charge in [-0.1, -0.05) is 12.7 Å². The number of rotatable bonds is 4. The predicted molar refractivity (Wildman–Crippen MR) is 72.4 cm³/mol. The van der Waals surface area contributed by atoms with Crippen molar-refractivity contribution < 1.29 is 23.0 Å². The Bertz CT molecular complexity index is 628. The average Bonchev–Trinajstić information content (AvgIpc) is 2.38. The van der Waals surface area contributed by atoms with Crippen LogP contribution in [0.1, 0.15) is 12.5 Å². The molecule has 0 aliphatic heterocycles. The first kappa shape index (κ1) is 16.6. The molecule has 0 bridgehead atoms. The average molecular weight is 301 g/mol. The van der Waals surface area contributed by atoms with E-state index in [4.69, 9.17) is 0 Å². The quantitative estimate of drug-likeness (QED) is 0.687. The van der Waals surface area contributed by atoms with Gasteiger partial charge in [-0.2, -0.15) is 0 Å². The van der Waals surface area contributed by atoms with E-state index in [1.807, 2.05) is 0 Å². The van der Waals surface area contributed by atoms with Gasteiger partial charge >= 0.3 is 6.36 Å². The van der Waals surface area contributed by atoms with Gasteiger partial charge < -0.3 is 14.4 Å². The molecule has 0 amide bonds. The number of halogens is 3. The number of alkyl halides is 3. The molecule has 1 aromatic heterocycles. The first-order valence-electron chi connectivity index (χ1n) is 5.83. The highest BCUT2D eigenvalue weighted by molar-refractivity contribution is 5.72. The zero-order chi connectivity index (χ0) is 16.2. The van der Waals surface area contributed by atoms with E-state index < -0.39 is 23.4 Å². The summed E-state index contributed by atoms with van der Waals surface area (Å²) in [6.45, 7) is 5.06. The molecule has 0 saturated heterocycles. The van der Waals surface area contributed by atoms with Crippen LogP contribution >= 0.6 is 0 Å². The van der Waals surface area contributed by atoms with Gasteiger partial charge in [0, 0.05) is 18.8 Å². The third-order valence-corrected chi connectivity index (χ3v) is 2.50. The summed E-state index contributed by atoms with van der Waals surface area (Å²) in [7, 11) is 1.44. The summed E-state index contributed by atoms with van der Waals surface area (Å²) < 4.78 is 41.2. The molecule has 4 nitrogen and oxygen atoms in total. The Kier molecular flexibility index (Phi) is 5.02. The summed E-state index contributed by atoms with van der Waals surface area (Å²) in [5, 5.41) is 9.42. The van der Waals surface area contributed by atoms with Gasteiger partial charge in [0.15, 0.2) is 5.75 Å². The molecule has 0 aliphatic carbocycles. The van der Waals surface area contributed by atoms with E-state index in [1.165, 1.54) is 32.3 Å². The van der Waals surface area contributed by atoms with Gasteiger partial charge in [-0.25, -0.2) is 0 Å². The van der Waals surface area contributed by atoms with Gasteiger partial charge in [-0.05, 0) is 30.7 Å². The highest BCUT2D eigenvalue weighted by Crippen LogP contribution is 2.22. The molecule has 1 N–H and O–H groups in total. The van der Waals surface area contributed by atoms with E-state index in [2.05, 4.69) is 11.3 Å². The van der Waals surface area contributed by atoms with Crippen LogP contribution in [0.4, 0.5) is 13.2 Å². The minimum atomic E-state index is -4.78. The molecule has 1 rings (SSSR count). The van der Waals surface area contributed by atoms with Gasteiger partial charge in [0.25, 0.3) is 5.56 Å². The standard InChI is InChI=1S/C14H14F3NO3/c1-4-11(21-14(15,16)17)6-5-9(2)10-7-12(19)13(20)18(3)8-10/h4-8,19H,2H2,1,3H3/b6-5-,11-4+. The zero-order valence-electron chi connectivity index (χ0n) is 11.4. The molecule has 0 atom stereocenters. The second kappa shape index (κ2) is 6.34. The van der Waals surface area contributed by atoms with Gasteiger partial charge in [-0.3, -0.25) is 4.79 Å². The Labute approximate surface area is 119 Å². The van der Waals surface area contributed by atoms with Crippen molar-refractivity contribution in [2.75, 3.05) is 0 Å². The number of nitrogens with zero attached hydrogens (tertiary/aromatic N) is 1. The molecule has 0 radical (unpaired) electrons. The van der Waals surface area contributed by atoms with Crippen molar-refractivity contribution in [3.8, 4) is 5.75 Å². The number of aryl methyl sites for hydroxylation is 1. The zero-order valence-corrected chi connectivity index (χ0v) is 11.4. The van der Waals surface area contributed by atoms with Crippen LogP contribution in [0.2, 0.25) is 0 Å². The van der Waals surface area contributed by atoms with Crippen LogP contribution in [-0.4, -0.2) is 16.0 Å². The molecule has 0 aliphatic rings. The molecule has 0 aromatic carbocycles. The lowest BCUT2D eigenvalue weighted by molar-refractivity contribution is -0.303. The van der Waals surface area contributed by atoms with Crippen LogP contribution < -0.4 is 5.56 Å². The fourth-order valence-corrected chi connectivity index (χ4v) is 1.47. The van der Waals surface area contributed by atoms with Gasteiger partial charge in [0.2, 0.25) is 0 Å². The van der Waals surface area contributed by atoms with Crippen molar-refractivity contribution in [2.45, 2.75) is 13.3 Å². The topological polar surface area (TPSA) is 51.5 Å². The number of ether oxygens (including phenoxy) is 1. The molecular weight excluding hydrogens is 287 g/mol. The molecule has 0 unspecified atom stereocenters. The molecule has 0 saturated carbocycles. The van der Waals surface area contributed by atoms with Gasteiger partial charge in [0.05, 0.1) is 0 Å². The van der Waals surface area contributed by atoms with Crippen molar-refractivity contribution in [2.24, 2.45) is 7.05 Å². The molecule has 7 heteroatoms. The van der Waals surface area contributed by atoms with Crippen LogP contribution in [-0.2, 0) is 11.8 Å². The lowest BCUT2D eigenvalue weighted by atomic mass is 10.1. The Balaban J connectivity index is 2.95. The minimum Gasteiger partial charge on any atom is -0.503 e. The third-order valence-electron chi connectivity index (χ3n) is 2.50. The van der Waals surface area contributed by atoms with Crippen LogP contribution in [0, 0.1) is 0 Å². The fraction of sp³-hybridized carbons (Fsp3) is 0.214. The molecule has 1 heterocycles. The van der Waals surface area contributed by atoms with Crippen molar-refractivity contribution in [1.29, 1.82) is 0 Å². The van der Waals surface area contributed by atoms with E-state index in [0.29, 0.717) is 11.1 Å². The van der Waals surface area contributed by atoms with Gasteiger partial charge in [0.1, 0.15) is 5.76 Å². The summed E-state index contributed by atoms with van der Waals surface area (Å²) >= 11 is 0. The minimum absolute atomic E-state index is 0.311. The smallest absolute Gasteiger partial charge is 0.503 e. The fourth-order valence-electron chi connectivity index (χ4n) is 1.47. The van der Waals surface area contributed by atoms with Crippen LogP contribution in [0.5, 0.6) is 5.75 Å². The first-order chi connectivity index (χ1) is 9.64. The second-order valence-corrected chi connectivity index (χ2v) is 4.13. The van der Waals surface area contributed by atoms with E-state index in [0.717, 1.165) is 16.7 Å². The molecule has 0 spiro atoms. The maximum atomic E-state index is 12.1. The highest BCUT2D eigenvalue weighted by atomic mass is 19.4. The maximum absolute atomic E-state index is 12.1. The molecule has 0 fully saturated rings. The molecule has 1 aromatic rings. The summed E-state index contributed by atoms with van der Waals surface area (Å²) in [5.41, 5.74) is 0.129. The normalized spacial score (nSPS) is 12.7. The second-order valence-electron chi connectivity index (χ2n) is 4.13. The number of aromatic nitrogens is 1. The van der Waals surface area contributed by atoms with Gasteiger partial charge in [-0.15, -0.1) is 13.2 Å². The highest BCUT2D eigenvalue weighted by Gasteiger charge is 2.31. The number of hydrogen-bond acceptors (Lipinski definition) is 3. The van der Waals surface area contributed by atoms with Crippen molar-refractivity contribution in [1.82, 2.24) is 4.57 Å². The summed E-state index contributed by atoms with van der Waals surface area (Å²) in [6, 6.07) is 1.19. The number of aromatic hydroxyl groups is 1. The summed E-state index contributed by atoms with van der Waals surface area (Å²) in [6.07, 6.45) is 0.172. The van der Waals surface area contributed by atoms with Crippen molar-refractivity contribution >= 4 is 5.57 Å². The summed E-state index contributed by atoms with van der Waals surface area (Å²) in [5.74, 6) is -0.861. The lowest BCUT2D eigenvalue weighted by Gasteiger charge is -2.09. The Morgan fingerprint density at radius 2 is 2.05 bits per heavy atom. The maximum Gasteiger partial charge on any atom is 0.573 e. The first-order valence-corrected chi connectivity index (χ1v) is 5.83. The Morgan fingerprint density at radius 3 is 2.52 bits per heavy atom. The monoisotopic (exact) mass is 301 g/mol. The predicted octanol–water partition coefficient (Wildman–Crippen LogP) is 3.10. The third kappa shape index (κ3) is 4.87. The molecular formula is C14H14F3NO3. The summed E-state index contributed by atoms with van der Waals surface area (Å²) in [4.78, 5) is 11.3. The van der Waals surface area contributed by atoms with E-state index >= 15 is 0 Å². The molecule has 114 valence electrons. The number of allylic oxidation sites excluding steroid dienone is 4. The van der Waals surface area contributed by atoms with E-state index in [9.17, 15) is 23.1 Å². The Hall–Kier alpha value is -2.44. The van der Waals surface area contributed by atoms with Crippen molar-refractivity contribution in [3.05, 3.63) is 58.7 Å². The van der Waals surface area contributed by atoms with Crippen LogP contribution in [0.25, 0.3) is 5.57 Å². The number of pyridine rings is 1. The van der Waals surface area contributed by atoms with Crippen LogP contribution in [0.3, 0.4) is 0 Å². The van der Waals surface area contributed by atoms with E-state index in [-0.39, 0.29) is 0 Å².